The van der Waals surface area contributed by atoms with Gasteiger partial charge in [-0.1, -0.05) is 52.2 Å². The number of nitrogens with one attached hydrogen (secondary N) is 2. The molecular formula is C36H57N7O3. The number of rotatable bonds is 11. The molecule has 1 amide bonds. The van der Waals surface area contributed by atoms with Crippen LogP contribution in [0.3, 0.4) is 0 Å². The summed E-state index contributed by atoms with van der Waals surface area (Å²) in [5.41, 5.74) is 3.64. The van der Waals surface area contributed by atoms with Crippen molar-refractivity contribution in [3.8, 4) is 0 Å². The van der Waals surface area contributed by atoms with E-state index in [1.54, 1.807) is 19.0 Å². The molecule has 3 aliphatic heterocycles. The lowest BCUT2D eigenvalue weighted by Gasteiger charge is -2.47. The molecule has 2 saturated heterocycles. The van der Waals surface area contributed by atoms with Gasteiger partial charge in [-0.3, -0.25) is 9.69 Å². The van der Waals surface area contributed by atoms with Crippen LogP contribution in [0.1, 0.15) is 76.5 Å². The van der Waals surface area contributed by atoms with Crippen molar-refractivity contribution in [1.29, 1.82) is 0 Å². The maximum Gasteiger partial charge on any atom is 0.225 e. The van der Waals surface area contributed by atoms with Gasteiger partial charge in [0.25, 0.3) is 0 Å². The molecule has 5 rings (SSSR count). The molecule has 46 heavy (non-hydrogen) atoms. The van der Waals surface area contributed by atoms with Gasteiger partial charge in [0, 0.05) is 70.1 Å². The van der Waals surface area contributed by atoms with E-state index in [4.69, 9.17) is 9.97 Å². The second-order valence-electron chi connectivity index (χ2n) is 14.5. The van der Waals surface area contributed by atoms with Crippen LogP contribution < -0.4 is 10.6 Å². The zero-order valence-corrected chi connectivity index (χ0v) is 28.7. The van der Waals surface area contributed by atoms with E-state index < -0.39 is 6.23 Å². The maximum absolute atomic E-state index is 12.7. The molecule has 0 bridgehead atoms. The number of aliphatic hydroxyl groups excluding tert-OH is 2. The number of likely N-dealkylation sites (tertiary alicyclic amines) is 1. The molecule has 6 atom stereocenters. The molecular weight excluding hydrogens is 578 g/mol. The molecule has 254 valence electrons. The molecule has 0 aromatic carbocycles. The van der Waals surface area contributed by atoms with E-state index >= 15 is 0 Å². The molecule has 4 aliphatic rings. The molecule has 3 fully saturated rings. The number of aliphatic hydroxyl groups is 2. The zero-order chi connectivity index (χ0) is 33.0. The summed E-state index contributed by atoms with van der Waals surface area (Å²) in [6.45, 7) is 11.8. The Morgan fingerprint density at radius 2 is 1.98 bits per heavy atom. The molecule has 0 radical (unpaired) electrons. The quantitative estimate of drug-likeness (QED) is 0.269. The van der Waals surface area contributed by atoms with Gasteiger partial charge in [0.05, 0.1) is 11.8 Å². The van der Waals surface area contributed by atoms with Crippen molar-refractivity contribution in [2.45, 2.75) is 90.1 Å². The van der Waals surface area contributed by atoms with Crippen molar-refractivity contribution in [2.75, 3.05) is 52.6 Å². The van der Waals surface area contributed by atoms with E-state index in [1.165, 1.54) is 25.7 Å². The van der Waals surface area contributed by atoms with Crippen LogP contribution in [0.5, 0.6) is 0 Å². The number of likely N-dealkylation sites (N-methyl/N-ethyl adjacent to an activating group) is 1. The normalized spacial score (nSPS) is 27.7. The van der Waals surface area contributed by atoms with E-state index in [-0.39, 0.29) is 29.5 Å². The smallest absolute Gasteiger partial charge is 0.225 e. The molecule has 1 aromatic rings. The van der Waals surface area contributed by atoms with Crippen molar-refractivity contribution in [2.24, 2.45) is 23.2 Å². The van der Waals surface area contributed by atoms with Gasteiger partial charge >= 0.3 is 0 Å². The first-order valence-electron chi connectivity index (χ1n) is 17.5. The van der Waals surface area contributed by atoms with Crippen LogP contribution in [-0.4, -0.2) is 107 Å². The second-order valence-corrected chi connectivity index (χ2v) is 14.5. The Morgan fingerprint density at radius 1 is 1.24 bits per heavy atom. The molecule has 4 heterocycles. The molecule has 10 nitrogen and oxygen atoms in total. The topological polar surface area (TPSA) is 117 Å². The van der Waals surface area contributed by atoms with Crippen LogP contribution in [0.25, 0.3) is 5.57 Å². The Hall–Kier alpha value is -2.79. The van der Waals surface area contributed by atoms with Gasteiger partial charge in [-0.15, -0.1) is 0 Å². The summed E-state index contributed by atoms with van der Waals surface area (Å²) in [5.74, 6) is 1.14. The first-order valence-corrected chi connectivity index (χ1v) is 17.5. The molecule has 1 saturated carbocycles. The summed E-state index contributed by atoms with van der Waals surface area (Å²) < 4.78 is 0. The Balaban J connectivity index is 1.28. The number of nitrogens with zero attached hydrogens (tertiary/aromatic N) is 5. The molecule has 5 unspecified atom stereocenters. The van der Waals surface area contributed by atoms with E-state index in [0.29, 0.717) is 24.2 Å². The van der Waals surface area contributed by atoms with Crippen molar-refractivity contribution >= 4 is 17.4 Å². The van der Waals surface area contributed by atoms with Crippen molar-refractivity contribution in [1.82, 2.24) is 30.0 Å². The van der Waals surface area contributed by atoms with Gasteiger partial charge in [0.2, 0.25) is 11.9 Å². The van der Waals surface area contributed by atoms with Gasteiger partial charge in [0.15, 0.2) is 0 Å². The highest BCUT2D eigenvalue weighted by atomic mass is 16.3. The first kappa shape index (κ1) is 34.5. The molecule has 1 aromatic heterocycles. The Bertz CT molecular complexity index is 1290. The third kappa shape index (κ3) is 7.35. The Morgan fingerprint density at radius 3 is 2.65 bits per heavy atom. The first-order chi connectivity index (χ1) is 22.0. The molecule has 1 aliphatic carbocycles. The lowest BCUT2D eigenvalue weighted by atomic mass is 9.68. The monoisotopic (exact) mass is 635 g/mol. The second kappa shape index (κ2) is 15.0. The predicted octanol–water partition coefficient (Wildman–Crippen LogP) is 3.85. The Kier molecular flexibility index (Phi) is 11.2. The number of hydrogen-bond acceptors (Lipinski definition) is 9. The van der Waals surface area contributed by atoms with Crippen LogP contribution in [0, 0.1) is 23.2 Å². The standard InChI is InChI=1S/C36H57N7O3/c1-7-30(44)36-16-17-43(22-29(36)20-37-23-36)34(46)27-14-15-31(42(6)21-27)39-35-38-19-28(18-24(2)33(45)41(4)5)32(40-35)25(3)26-12-10-8-9-11-13-26/h14-15,19,21,24,26,29-31,34,37,44,46H,3,7-13,16-18,20,22-23H2,1-2,4-6H3,(H,38,39,40)/t24?,29?,30-,31?,34?,36?/m1/s1. The summed E-state index contributed by atoms with van der Waals surface area (Å²) >= 11 is 0. The average molecular weight is 636 g/mol. The molecule has 0 spiro atoms. The molecule has 4 N–H and O–H groups in total. The summed E-state index contributed by atoms with van der Waals surface area (Å²) in [4.78, 5) is 28.3. The highest BCUT2D eigenvalue weighted by molar-refractivity contribution is 5.78. The fraction of sp³-hybridized carbons (Fsp3) is 0.694. The third-order valence-corrected chi connectivity index (χ3v) is 11.1. The van der Waals surface area contributed by atoms with E-state index in [0.717, 1.165) is 74.3 Å². The van der Waals surface area contributed by atoms with Gasteiger partial charge in [-0.25, -0.2) is 9.97 Å². The minimum atomic E-state index is -0.714. The van der Waals surface area contributed by atoms with Gasteiger partial charge in [-0.05, 0) is 67.7 Å². The summed E-state index contributed by atoms with van der Waals surface area (Å²) in [6, 6.07) is 0. The van der Waals surface area contributed by atoms with Crippen LogP contribution in [0.15, 0.2) is 36.7 Å². The summed E-state index contributed by atoms with van der Waals surface area (Å²) in [6.07, 6.45) is 16.1. The number of piperidine rings is 1. The average Bonchev–Trinajstić information content (AvgIpc) is 3.30. The van der Waals surface area contributed by atoms with E-state index in [2.05, 4.69) is 29.0 Å². The SMILES string of the molecule is C=C(c1nc(NC2C=CC(C(O)N3CCC4([C@H](O)CC)CNCC4C3)=CN2C)ncc1CC(C)C(=O)N(C)C)C1CCCCCC1. The molecule has 10 heteroatoms. The highest BCUT2D eigenvalue weighted by Crippen LogP contribution is 2.44. The maximum atomic E-state index is 12.7. The van der Waals surface area contributed by atoms with Crippen LogP contribution >= 0.6 is 0 Å². The van der Waals surface area contributed by atoms with E-state index in [9.17, 15) is 15.0 Å². The van der Waals surface area contributed by atoms with Crippen molar-refractivity contribution in [3.05, 3.63) is 48.0 Å². The number of fused-ring (bicyclic) bond motifs is 1. The number of amides is 1. The van der Waals surface area contributed by atoms with Crippen LogP contribution in [0.2, 0.25) is 0 Å². The van der Waals surface area contributed by atoms with Crippen LogP contribution in [0.4, 0.5) is 5.95 Å². The number of carbonyl (C=O) groups is 1. The highest BCUT2D eigenvalue weighted by Gasteiger charge is 2.51. The largest absolute Gasteiger partial charge is 0.392 e. The van der Waals surface area contributed by atoms with Gasteiger partial charge in [-0.2, -0.15) is 0 Å². The minimum Gasteiger partial charge on any atom is -0.392 e. The van der Waals surface area contributed by atoms with Crippen molar-refractivity contribution < 1.29 is 15.0 Å². The van der Waals surface area contributed by atoms with Crippen LogP contribution in [-0.2, 0) is 11.2 Å². The Labute approximate surface area is 276 Å². The lowest BCUT2D eigenvalue weighted by Crippen LogP contribution is -2.55. The number of aromatic nitrogens is 2. The van der Waals surface area contributed by atoms with Crippen molar-refractivity contribution in [3.63, 3.8) is 0 Å². The minimum absolute atomic E-state index is 0.0920. The number of carbonyl (C=O) groups excluding carboxylic acids is 1. The van der Waals surface area contributed by atoms with E-state index in [1.807, 2.05) is 43.4 Å². The van der Waals surface area contributed by atoms with Gasteiger partial charge < -0.3 is 30.6 Å². The third-order valence-electron chi connectivity index (χ3n) is 11.1. The summed E-state index contributed by atoms with van der Waals surface area (Å²) in [7, 11) is 5.58. The lowest BCUT2D eigenvalue weighted by molar-refractivity contribution is -0.132. The fourth-order valence-electron chi connectivity index (χ4n) is 8.20. The summed E-state index contributed by atoms with van der Waals surface area (Å²) in [5, 5.41) is 29.2. The number of hydrogen-bond donors (Lipinski definition) is 4. The zero-order valence-electron chi connectivity index (χ0n) is 28.7. The van der Waals surface area contributed by atoms with Gasteiger partial charge in [0.1, 0.15) is 12.4 Å². The number of allylic oxidation sites excluding steroid dienone is 1. The fourth-order valence-corrected chi connectivity index (χ4v) is 8.20. The predicted molar refractivity (Wildman–Crippen MR) is 184 cm³/mol. The number of anilines is 1.